The Morgan fingerprint density at radius 3 is 1.51 bits per heavy atom. The number of esters is 1. The van der Waals surface area contributed by atoms with Gasteiger partial charge in [0.1, 0.15) is 30.0 Å². The largest absolute Gasteiger partial charge is 0.460 e. The van der Waals surface area contributed by atoms with Crippen molar-refractivity contribution in [3.05, 3.63) is 108 Å². The van der Waals surface area contributed by atoms with E-state index >= 15 is 0 Å². The average molecular weight is 564 g/mol. The van der Waals surface area contributed by atoms with E-state index in [1.165, 1.54) is 0 Å². The number of ether oxygens (including phenoxy) is 5. The van der Waals surface area contributed by atoms with Crippen LogP contribution in [-0.2, 0) is 53.1 Å². The Kier molecular flexibility index (Phi) is 11.4. The van der Waals surface area contributed by atoms with Gasteiger partial charge in [-0.05, 0) is 37.5 Å². The van der Waals surface area contributed by atoms with E-state index in [1.54, 1.807) is 0 Å². The number of nitrogens with two attached hydrogens (primary N) is 1. The minimum absolute atomic E-state index is 0.0333. The van der Waals surface area contributed by atoms with Gasteiger partial charge in [0, 0.05) is 0 Å². The third kappa shape index (κ3) is 9.74. The number of hydrogen-bond acceptors (Lipinski definition) is 8. The van der Waals surface area contributed by atoms with Gasteiger partial charge in [0.2, 0.25) is 0 Å². The predicted molar refractivity (Wildman–Crippen MR) is 154 cm³/mol. The van der Waals surface area contributed by atoms with Crippen molar-refractivity contribution < 1.29 is 33.3 Å². The molecule has 5 atom stereocenters. The van der Waals surface area contributed by atoms with Crippen LogP contribution >= 0.6 is 0 Å². The fourth-order valence-corrected chi connectivity index (χ4v) is 4.82. The van der Waals surface area contributed by atoms with Crippen LogP contribution in [0.25, 0.3) is 0 Å². The maximum atomic E-state index is 13.0. The zero-order chi connectivity index (χ0) is 29.1. The molecule has 3 aromatic carbocycles. The van der Waals surface area contributed by atoms with Crippen LogP contribution in [0.3, 0.4) is 0 Å². The minimum Gasteiger partial charge on any atom is -0.460 e. The Morgan fingerprint density at radius 2 is 1.10 bits per heavy atom. The molecule has 4 rings (SSSR count). The summed E-state index contributed by atoms with van der Waals surface area (Å²) in [6, 6.07) is 29.6. The molecule has 1 heterocycles. The molecule has 220 valence electrons. The molecule has 2 N–H and O–H groups in total. The van der Waals surface area contributed by atoms with Crippen molar-refractivity contribution >= 4 is 5.97 Å². The van der Waals surface area contributed by atoms with E-state index in [1.807, 2.05) is 112 Å². The Morgan fingerprint density at radius 1 is 0.683 bits per heavy atom. The molecule has 1 saturated heterocycles. The maximum absolute atomic E-state index is 13.0. The van der Waals surface area contributed by atoms with Gasteiger partial charge in [0.25, 0.3) is 0 Å². The van der Waals surface area contributed by atoms with Crippen molar-refractivity contribution in [2.75, 3.05) is 6.61 Å². The molecule has 1 aliphatic heterocycles. The minimum atomic E-state index is -0.689. The molecule has 0 bridgehead atoms. The monoisotopic (exact) mass is 563 g/mol. The highest BCUT2D eigenvalue weighted by molar-refractivity contribution is 5.70. The molecule has 0 unspecified atom stereocenters. The number of carbonyl (C=O) groups is 1. The van der Waals surface area contributed by atoms with Crippen LogP contribution in [0.2, 0.25) is 0 Å². The summed E-state index contributed by atoms with van der Waals surface area (Å²) in [6.45, 7) is 6.48. The zero-order valence-corrected chi connectivity index (χ0v) is 24.0. The number of rotatable bonds is 13. The van der Waals surface area contributed by atoms with Gasteiger partial charge in [0.05, 0.1) is 39.0 Å². The van der Waals surface area contributed by atoms with E-state index < -0.39 is 42.1 Å². The van der Waals surface area contributed by atoms with Crippen molar-refractivity contribution in [1.29, 1.82) is 0 Å². The van der Waals surface area contributed by atoms with Gasteiger partial charge in [-0.2, -0.15) is 0 Å². The van der Waals surface area contributed by atoms with Crippen LogP contribution in [0.1, 0.15) is 43.9 Å². The van der Waals surface area contributed by atoms with Crippen molar-refractivity contribution in [3.63, 3.8) is 0 Å². The number of hydrogen-bond donors (Lipinski definition) is 1. The Hall–Kier alpha value is -3.11. The first-order valence-electron chi connectivity index (χ1n) is 14.0. The van der Waals surface area contributed by atoms with Crippen LogP contribution in [-0.4, -0.2) is 48.7 Å². The molecule has 8 nitrogen and oxygen atoms in total. The molecule has 0 aromatic heterocycles. The molecular weight excluding hydrogens is 522 g/mol. The lowest BCUT2D eigenvalue weighted by molar-refractivity contribution is -0.273. The first-order chi connectivity index (χ1) is 19.8. The zero-order valence-electron chi connectivity index (χ0n) is 24.0. The molecule has 0 radical (unpaired) electrons. The lowest BCUT2D eigenvalue weighted by Gasteiger charge is -2.46. The van der Waals surface area contributed by atoms with Crippen molar-refractivity contribution in [2.24, 2.45) is 5.90 Å². The fourth-order valence-electron chi connectivity index (χ4n) is 4.82. The summed E-state index contributed by atoms with van der Waals surface area (Å²) in [5.41, 5.74) is 2.34. The summed E-state index contributed by atoms with van der Waals surface area (Å²) in [5.74, 6) is 5.14. The molecule has 1 aliphatic rings. The normalized spacial score (nSPS) is 22.8. The van der Waals surface area contributed by atoms with Crippen LogP contribution in [0.15, 0.2) is 91.0 Å². The second kappa shape index (κ2) is 15.2. The summed E-state index contributed by atoms with van der Waals surface area (Å²) < 4.78 is 31.7. The molecule has 1 fully saturated rings. The van der Waals surface area contributed by atoms with Crippen molar-refractivity contribution in [2.45, 2.75) is 83.1 Å². The molecule has 0 aliphatic carbocycles. The molecule has 0 spiro atoms. The van der Waals surface area contributed by atoms with E-state index in [9.17, 15) is 4.79 Å². The highest BCUT2D eigenvalue weighted by Gasteiger charge is 2.49. The van der Waals surface area contributed by atoms with Crippen LogP contribution in [0.5, 0.6) is 0 Å². The summed E-state index contributed by atoms with van der Waals surface area (Å²) in [5, 5.41) is 0. The highest BCUT2D eigenvalue weighted by atomic mass is 16.7. The first kappa shape index (κ1) is 30.8. The summed E-state index contributed by atoms with van der Waals surface area (Å²) >= 11 is 0. The lowest BCUT2D eigenvalue weighted by Crippen LogP contribution is -2.61. The number of benzene rings is 3. The summed E-state index contributed by atoms with van der Waals surface area (Å²) in [6.07, 6.45) is -3.20. The van der Waals surface area contributed by atoms with E-state index in [4.69, 9.17) is 34.4 Å². The van der Waals surface area contributed by atoms with Gasteiger partial charge < -0.3 is 28.5 Å². The van der Waals surface area contributed by atoms with Crippen LogP contribution < -0.4 is 5.90 Å². The topological polar surface area (TPSA) is 98.5 Å². The Labute approximate surface area is 242 Å². The predicted octanol–water partition coefficient (Wildman–Crippen LogP) is 5.13. The standard InChI is InChI=1S/C33H41NO7/c1-33(2,3)41-29(35)19-27-30(36-20-24-13-7-4-8-14-24)32(38-22-26-17-11-6-12-18-26)31(28(40-27)23-39-34)37-21-25-15-9-5-10-16-25/h4-18,27-28,30-32H,19-23,34H2,1-3H3/t27-,28-,30+,31-,32-/m1/s1. The lowest BCUT2D eigenvalue weighted by atomic mass is 9.92. The summed E-state index contributed by atoms with van der Waals surface area (Å²) in [7, 11) is 0. The first-order valence-corrected chi connectivity index (χ1v) is 14.0. The number of carbonyl (C=O) groups excluding carboxylic acids is 1. The van der Waals surface area contributed by atoms with Gasteiger partial charge in [-0.3, -0.25) is 4.79 Å². The molecule has 0 saturated carbocycles. The van der Waals surface area contributed by atoms with Gasteiger partial charge in [-0.25, -0.2) is 5.90 Å². The maximum Gasteiger partial charge on any atom is 0.309 e. The smallest absolute Gasteiger partial charge is 0.309 e. The third-order valence-corrected chi connectivity index (χ3v) is 6.63. The van der Waals surface area contributed by atoms with E-state index in [0.29, 0.717) is 19.8 Å². The second-order valence-electron chi connectivity index (χ2n) is 11.1. The van der Waals surface area contributed by atoms with Gasteiger partial charge in [-0.1, -0.05) is 91.0 Å². The second-order valence-corrected chi connectivity index (χ2v) is 11.1. The fraction of sp³-hybridized carbons (Fsp3) is 0.424. The molecule has 41 heavy (non-hydrogen) atoms. The van der Waals surface area contributed by atoms with Gasteiger partial charge in [-0.15, -0.1) is 0 Å². The van der Waals surface area contributed by atoms with Crippen LogP contribution in [0, 0.1) is 0 Å². The molecular formula is C33H41NO7. The molecule has 8 heteroatoms. The van der Waals surface area contributed by atoms with Gasteiger partial charge in [0.15, 0.2) is 0 Å². The van der Waals surface area contributed by atoms with E-state index in [-0.39, 0.29) is 13.0 Å². The quantitative estimate of drug-likeness (QED) is 0.226. The summed E-state index contributed by atoms with van der Waals surface area (Å²) in [4.78, 5) is 18.1. The Bertz CT molecular complexity index is 1170. The van der Waals surface area contributed by atoms with Gasteiger partial charge >= 0.3 is 5.97 Å². The molecule has 0 amide bonds. The van der Waals surface area contributed by atoms with Crippen LogP contribution in [0.4, 0.5) is 0 Å². The Balaban J connectivity index is 1.64. The van der Waals surface area contributed by atoms with Crippen molar-refractivity contribution in [3.8, 4) is 0 Å². The van der Waals surface area contributed by atoms with E-state index in [2.05, 4.69) is 0 Å². The molecule has 3 aromatic rings. The SMILES string of the molecule is CC(C)(C)OC(=O)C[C@H]1O[C@H](CON)[C@@H](OCc2ccccc2)[C@H](OCc2ccccc2)[C@H]1OCc1ccccc1. The highest BCUT2D eigenvalue weighted by Crippen LogP contribution is 2.32. The third-order valence-electron chi connectivity index (χ3n) is 6.63. The van der Waals surface area contributed by atoms with E-state index in [0.717, 1.165) is 16.7 Å². The average Bonchev–Trinajstić information content (AvgIpc) is 2.96. The van der Waals surface area contributed by atoms with Crippen molar-refractivity contribution in [1.82, 2.24) is 0 Å².